The zero-order valence-corrected chi connectivity index (χ0v) is 14.8. The fourth-order valence-corrected chi connectivity index (χ4v) is 2.59. The highest BCUT2D eigenvalue weighted by atomic mass is 19.2. The van der Waals surface area contributed by atoms with Gasteiger partial charge in [0.05, 0.1) is 16.9 Å². The van der Waals surface area contributed by atoms with Crippen LogP contribution < -0.4 is 5.32 Å². The molecule has 6 heteroatoms. The van der Waals surface area contributed by atoms with Gasteiger partial charge >= 0.3 is 5.97 Å². The van der Waals surface area contributed by atoms with E-state index in [1.54, 1.807) is 26.0 Å². The summed E-state index contributed by atoms with van der Waals surface area (Å²) in [6.45, 7) is 6.90. The Labute approximate surface area is 155 Å². The highest BCUT2D eigenvalue weighted by molar-refractivity contribution is 6.02. The molecule has 0 amide bonds. The van der Waals surface area contributed by atoms with Crippen molar-refractivity contribution in [2.75, 3.05) is 5.32 Å². The molecule has 0 heterocycles. The molecule has 0 radical (unpaired) electrons. The number of anilines is 2. The van der Waals surface area contributed by atoms with Gasteiger partial charge in [0, 0.05) is 5.56 Å². The molecule has 0 unspecified atom stereocenters. The molecule has 0 bridgehead atoms. The molecule has 0 aromatic heterocycles. The fourth-order valence-electron chi connectivity index (χ4n) is 2.59. The Morgan fingerprint density at radius 3 is 2.44 bits per heavy atom. The average molecular weight is 373 g/mol. The quantitative estimate of drug-likeness (QED) is 0.611. The van der Waals surface area contributed by atoms with Crippen molar-refractivity contribution in [3.63, 3.8) is 0 Å². The summed E-state index contributed by atoms with van der Waals surface area (Å²) in [7, 11) is 0. The number of carboxylic acids is 1. The van der Waals surface area contributed by atoms with E-state index in [4.69, 9.17) is 0 Å². The van der Waals surface area contributed by atoms with E-state index >= 15 is 0 Å². The first-order valence-corrected chi connectivity index (χ1v) is 8.04. The minimum atomic E-state index is -1.49. The Balaban J connectivity index is 2.77. The van der Waals surface area contributed by atoms with Crippen molar-refractivity contribution >= 4 is 22.9 Å². The first-order chi connectivity index (χ1) is 12.8. The van der Waals surface area contributed by atoms with Gasteiger partial charge in [-0.1, -0.05) is 36.9 Å². The molecule has 3 nitrogen and oxygen atoms in total. The van der Waals surface area contributed by atoms with Crippen molar-refractivity contribution in [2.45, 2.75) is 13.8 Å². The fraction of sp³-hybridized carbons (Fsp3) is 0.0952. The van der Waals surface area contributed by atoms with E-state index in [9.17, 15) is 23.1 Å². The third-order valence-electron chi connectivity index (χ3n) is 3.77. The van der Waals surface area contributed by atoms with Crippen molar-refractivity contribution in [3.8, 4) is 0 Å². The third kappa shape index (κ3) is 4.28. The van der Waals surface area contributed by atoms with Crippen LogP contribution in [0.1, 0.15) is 28.4 Å². The molecule has 0 aliphatic rings. The van der Waals surface area contributed by atoms with Gasteiger partial charge in [0.15, 0.2) is 11.6 Å². The third-order valence-corrected chi connectivity index (χ3v) is 3.77. The normalized spacial score (nSPS) is 11.7. The molecule has 0 aliphatic heterocycles. The smallest absolute Gasteiger partial charge is 0.338 e. The van der Waals surface area contributed by atoms with E-state index in [0.29, 0.717) is 11.1 Å². The number of hydrogen-bond donors (Lipinski definition) is 2. The van der Waals surface area contributed by atoms with E-state index in [1.165, 1.54) is 30.4 Å². The molecule has 0 atom stereocenters. The molecule has 2 aromatic rings. The van der Waals surface area contributed by atoms with Gasteiger partial charge in [0.2, 0.25) is 0 Å². The maximum absolute atomic E-state index is 14.5. The minimum absolute atomic E-state index is 0.0607. The average Bonchev–Trinajstić information content (AvgIpc) is 2.60. The minimum Gasteiger partial charge on any atom is -0.478 e. The summed E-state index contributed by atoms with van der Waals surface area (Å²) in [5.74, 6) is -4.87. The van der Waals surface area contributed by atoms with Gasteiger partial charge in [-0.2, -0.15) is 0 Å². The van der Waals surface area contributed by atoms with Crippen molar-refractivity contribution in [1.29, 1.82) is 0 Å². The lowest BCUT2D eigenvalue weighted by Crippen LogP contribution is -2.11. The van der Waals surface area contributed by atoms with Crippen LogP contribution in [0.5, 0.6) is 0 Å². The molecule has 140 valence electrons. The zero-order valence-electron chi connectivity index (χ0n) is 14.8. The highest BCUT2D eigenvalue weighted by Crippen LogP contribution is 2.34. The number of benzene rings is 2. The summed E-state index contributed by atoms with van der Waals surface area (Å²) in [6.07, 6.45) is 6.02. The zero-order chi connectivity index (χ0) is 20.1. The predicted molar refractivity (Wildman–Crippen MR) is 101 cm³/mol. The molecule has 0 fully saturated rings. The van der Waals surface area contributed by atoms with E-state index in [0.717, 1.165) is 6.07 Å². The molecule has 0 aliphatic carbocycles. The van der Waals surface area contributed by atoms with Crippen molar-refractivity contribution < 1.29 is 23.1 Å². The SMILES string of the molecule is C=C/C=C(\C=C/C)c1cc(F)c(F)c(Nc2ccc(C)cc2F)c1C(=O)O. The van der Waals surface area contributed by atoms with Gasteiger partial charge in [-0.25, -0.2) is 18.0 Å². The Kier molecular flexibility index (Phi) is 6.23. The molecule has 27 heavy (non-hydrogen) atoms. The number of aryl methyl sites for hydroxylation is 1. The summed E-state index contributed by atoms with van der Waals surface area (Å²) in [4.78, 5) is 11.8. The van der Waals surface area contributed by atoms with Gasteiger partial charge in [-0.3, -0.25) is 0 Å². The lowest BCUT2D eigenvalue weighted by atomic mass is 9.96. The predicted octanol–water partition coefficient (Wildman–Crippen LogP) is 6.00. The second kappa shape index (κ2) is 8.40. The van der Waals surface area contributed by atoms with Crippen LogP contribution in [-0.2, 0) is 0 Å². The number of aromatic carboxylic acids is 1. The molecular formula is C21H18F3NO2. The van der Waals surface area contributed by atoms with E-state index in [-0.39, 0.29) is 11.3 Å². The Bertz CT molecular complexity index is 962. The lowest BCUT2D eigenvalue weighted by Gasteiger charge is -2.16. The first-order valence-electron chi connectivity index (χ1n) is 8.04. The summed E-state index contributed by atoms with van der Waals surface area (Å²) < 4.78 is 42.8. The topological polar surface area (TPSA) is 49.3 Å². The van der Waals surface area contributed by atoms with Crippen LogP contribution >= 0.6 is 0 Å². The molecule has 0 spiro atoms. The number of carbonyl (C=O) groups is 1. The highest BCUT2D eigenvalue weighted by Gasteiger charge is 2.25. The van der Waals surface area contributed by atoms with Gasteiger partial charge in [0.1, 0.15) is 5.82 Å². The van der Waals surface area contributed by atoms with Crippen LogP contribution in [0.3, 0.4) is 0 Å². The van der Waals surface area contributed by atoms with Gasteiger partial charge in [0.25, 0.3) is 0 Å². The molecule has 2 aromatic carbocycles. The van der Waals surface area contributed by atoms with E-state index < -0.39 is 34.7 Å². The van der Waals surface area contributed by atoms with Crippen LogP contribution in [-0.4, -0.2) is 11.1 Å². The largest absolute Gasteiger partial charge is 0.478 e. The maximum atomic E-state index is 14.5. The molecule has 2 N–H and O–H groups in total. The van der Waals surface area contributed by atoms with Crippen molar-refractivity contribution in [1.82, 2.24) is 0 Å². The maximum Gasteiger partial charge on any atom is 0.338 e. The summed E-state index contributed by atoms with van der Waals surface area (Å²) >= 11 is 0. The van der Waals surface area contributed by atoms with Crippen molar-refractivity contribution in [3.05, 3.63) is 89.3 Å². The van der Waals surface area contributed by atoms with Gasteiger partial charge in [-0.15, -0.1) is 0 Å². The standard InChI is InChI=1S/C21H18F3NO2/c1-4-6-13(7-5-2)14-11-16(23)19(24)20(18(14)21(26)27)25-17-9-8-12(3)10-15(17)22/h4-11,25H,1H2,2-3H3,(H,26,27)/b7-5-,13-6+. The van der Waals surface area contributed by atoms with Gasteiger partial charge in [-0.05, 0) is 43.2 Å². The Hall–Kier alpha value is -3.28. The van der Waals surface area contributed by atoms with Crippen LogP contribution in [0.2, 0.25) is 0 Å². The number of halogens is 3. The second-order valence-corrected chi connectivity index (χ2v) is 5.74. The van der Waals surface area contributed by atoms with E-state index in [1.807, 2.05) is 0 Å². The first kappa shape index (κ1) is 20.0. The number of rotatable bonds is 6. The Morgan fingerprint density at radius 2 is 1.89 bits per heavy atom. The van der Waals surface area contributed by atoms with E-state index in [2.05, 4.69) is 11.9 Å². The second-order valence-electron chi connectivity index (χ2n) is 5.74. The number of carboxylic acid groups (broad SMARTS) is 1. The summed E-state index contributed by atoms with van der Waals surface area (Å²) in [5, 5.41) is 12.0. The van der Waals surface area contributed by atoms with Crippen molar-refractivity contribution in [2.24, 2.45) is 0 Å². The van der Waals surface area contributed by atoms with Crippen LogP contribution in [0.15, 0.2) is 55.1 Å². The number of allylic oxidation sites excluding steroid dienone is 5. The molecule has 0 saturated heterocycles. The Morgan fingerprint density at radius 1 is 1.19 bits per heavy atom. The summed E-state index contributed by atoms with van der Waals surface area (Å²) in [5.41, 5.74) is -0.453. The molecule has 2 rings (SSSR count). The van der Waals surface area contributed by atoms with Gasteiger partial charge < -0.3 is 10.4 Å². The monoisotopic (exact) mass is 373 g/mol. The molecular weight excluding hydrogens is 355 g/mol. The number of hydrogen-bond acceptors (Lipinski definition) is 2. The van der Waals surface area contributed by atoms with Crippen LogP contribution in [0.25, 0.3) is 5.57 Å². The molecule has 0 saturated carbocycles. The summed E-state index contributed by atoms with van der Waals surface area (Å²) in [6, 6.07) is 4.88. The number of nitrogens with one attached hydrogen (secondary N) is 1. The lowest BCUT2D eigenvalue weighted by molar-refractivity contribution is 0.0697. The van der Waals surface area contributed by atoms with Crippen LogP contribution in [0, 0.1) is 24.4 Å². The van der Waals surface area contributed by atoms with Crippen LogP contribution in [0.4, 0.5) is 24.5 Å².